The van der Waals surface area contributed by atoms with Crippen LogP contribution in [0.3, 0.4) is 0 Å². The van der Waals surface area contributed by atoms with Crippen molar-refractivity contribution in [3.05, 3.63) is 12.2 Å². The minimum absolute atomic E-state index is 0.139. The summed E-state index contributed by atoms with van der Waals surface area (Å²) in [5, 5.41) is 0. The Kier molecular flexibility index (Phi) is 15.2. The van der Waals surface area contributed by atoms with E-state index in [1.54, 1.807) is 4.90 Å². The Hall–Kier alpha value is -1.32. The normalized spacial score (nSPS) is 12.5. The first-order chi connectivity index (χ1) is 10.3. The topological polar surface area (TPSA) is 40.6 Å². The molecule has 2 amide bonds. The zero-order chi connectivity index (χ0) is 17.5. The Morgan fingerprint density at radius 3 is 1.82 bits per heavy atom. The van der Waals surface area contributed by atoms with Crippen LogP contribution in [0.1, 0.15) is 54.9 Å². The lowest BCUT2D eigenvalue weighted by Crippen LogP contribution is -2.31. The number of hydrogen-bond acceptors (Lipinski definition) is 2. The molecule has 130 valence electrons. The maximum Gasteiger partial charge on any atom is 0.225 e. The van der Waals surface area contributed by atoms with Crippen LogP contribution >= 0.6 is 0 Å². The lowest BCUT2D eigenvalue weighted by Gasteiger charge is -2.17. The van der Waals surface area contributed by atoms with Crippen LogP contribution in [-0.2, 0) is 9.59 Å². The standard InChI is InChI=1S/C8H13NO.C6H13NO.C4H10/c1-7(2)8(10)9-5-3-4-6-9;1-3-5-7(4-2)6-8;1-4(2)3/h3-4,7H,5-6H2,1-2H3;6H,3-5H2,1-2H3;4H,1-3H3. The predicted molar refractivity (Wildman–Crippen MR) is 94.7 cm³/mol. The fraction of sp³-hybridized carbons (Fsp3) is 0.778. The van der Waals surface area contributed by atoms with Crippen molar-refractivity contribution in [1.82, 2.24) is 9.80 Å². The van der Waals surface area contributed by atoms with Gasteiger partial charge in [0.2, 0.25) is 12.3 Å². The van der Waals surface area contributed by atoms with E-state index < -0.39 is 0 Å². The smallest absolute Gasteiger partial charge is 0.225 e. The highest BCUT2D eigenvalue weighted by atomic mass is 16.2. The third kappa shape index (κ3) is 13.7. The Morgan fingerprint density at radius 2 is 1.59 bits per heavy atom. The number of hydrogen-bond donors (Lipinski definition) is 0. The van der Waals surface area contributed by atoms with E-state index in [4.69, 9.17) is 0 Å². The van der Waals surface area contributed by atoms with Gasteiger partial charge < -0.3 is 9.80 Å². The van der Waals surface area contributed by atoms with Crippen molar-refractivity contribution in [3.8, 4) is 0 Å². The average molecular weight is 312 g/mol. The summed E-state index contributed by atoms with van der Waals surface area (Å²) in [5.41, 5.74) is 0. The van der Waals surface area contributed by atoms with Crippen LogP contribution in [0.15, 0.2) is 12.2 Å². The Balaban J connectivity index is 0. The molecule has 0 aromatic carbocycles. The summed E-state index contributed by atoms with van der Waals surface area (Å²) < 4.78 is 0. The highest BCUT2D eigenvalue weighted by Crippen LogP contribution is 2.05. The zero-order valence-electron chi connectivity index (χ0n) is 15.6. The molecule has 0 fully saturated rings. The van der Waals surface area contributed by atoms with Gasteiger partial charge in [0.15, 0.2) is 0 Å². The van der Waals surface area contributed by atoms with Crippen LogP contribution in [0.2, 0.25) is 0 Å². The monoisotopic (exact) mass is 312 g/mol. The van der Waals surface area contributed by atoms with Gasteiger partial charge in [-0.25, -0.2) is 0 Å². The first-order valence-electron chi connectivity index (χ1n) is 8.43. The second kappa shape index (κ2) is 14.6. The highest BCUT2D eigenvalue weighted by Gasteiger charge is 2.16. The number of nitrogens with zero attached hydrogens (tertiary/aromatic N) is 2. The number of amides is 2. The summed E-state index contributed by atoms with van der Waals surface area (Å²) in [6, 6.07) is 0. The Labute approximate surface area is 137 Å². The molecular weight excluding hydrogens is 276 g/mol. The summed E-state index contributed by atoms with van der Waals surface area (Å²) in [5.74, 6) is 1.23. The molecule has 1 rings (SSSR count). The third-order valence-electron chi connectivity index (χ3n) is 2.69. The number of rotatable bonds is 5. The van der Waals surface area contributed by atoms with Gasteiger partial charge in [-0.3, -0.25) is 9.59 Å². The minimum Gasteiger partial charge on any atom is -0.346 e. The van der Waals surface area contributed by atoms with Crippen molar-refractivity contribution >= 4 is 12.3 Å². The van der Waals surface area contributed by atoms with E-state index in [-0.39, 0.29) is 11.8 Å². The van der Waals surface area contributed by atoms with Crippen molar-refractivity contribution in [2.45, 2.75) is 54.9 Å². The van der Waals surface area contributed by atoms with E-state index in [9.17, 15) is 9.59 Å². The van der Waals surface area contributed by atoms with Crippen molar-refractivity contribution in [2.24, 2.45) is 11.8 Å². The fourth-order valence-electron chi connectivity index (χ4n) is 1.60. The molecule has 0 aliphatic carbocycles. The average Bonchev–Trinajstić information content (AvgIpc) is 2.98. The van der Waals surface area contributed by atoms with Gasteiger partial charge in [-0.05, 0) is 19.3 Å². The molecule has 0 saturated heterocycles. The van der Waals surface area contributed by atoms with Gasteiger partial charge in [-0.15, -0.1) is 0 Å². The van der Waals surface area contributed by atoms with Gasteiger partial charge in [-0.1, -0.05) is 53.7 Å². The molecule has 0 atom stereocenters. The highest BCUT2D eigenvalue weighted by molar-refractivity contribution is 5.78. The third-order valence-corrected chi connectivity index (χ3v) is 2.69. The van der Waals surface area contributed by atoms with Crippen LogP contribution in [0.4, 0.5) is 0 Å². The summed E-state index contributed by atoms with van der Waals surface area (Å²) in [6.07, 6.45) is 6.00. The molecule has 0 saturated carbocycles. The van der Waals surface area contributed by atoms with Gasteiger partial charge in [-0.2, -0.15) is 0 Å². The molecule has 0 unspecified atom stereocenters. The van der Waals surface area contributed by atoms with Crippen molar-refractivity contribution < 1.29 is 9.59 Å². The second-order valence-corrected chi connectivity index (χ2v) is 6.34. The molecule has 0 N–H and O–H groups in total. The van der Waals surface area contributed by atoms with Gasteiger partial charge in [0.1, 0.15) is 0 Å². The predicted octanol–water partition coefficient (Wildman–Crippen LogP) is 3.58. The first-order valence-corrected chi connectivity index (χ1v) is 8.43. The molecule has 0 bridgehead atoms. The van der Waals surface area contributed by atoms with E-state index in [1.165, 1.54) is 0 Å². The molecule has 4 nitrogen and oxygen atoms in total. The molecule has 4 heteroatoms. The SMILES string of the molecule is CC(C)C.CC(C)C(=O)N1CC=CC1.CCCN(C=O)CC. The molecule has 0 spiro atoms. The van der Waals surface area contributed by atoms with Crippen LogP contribution < -0.4 is 0 Å². The zero-order valence-corrected chi connectivity index (χ0v) is 15.6. The maximum absolute atomic E-state index is 11.2. The van der Waals surface area contributed by atoms with Gasteiger partial charge in [0.05, 0.1) is 0 Å². The Morgan fingerprint density at radius 1 is 1.14 bits per heavy atom. The summed E-state index contributed by atoms with van der Waals surface area (Å²) in [6.45, 7) is 17.7. The van der Waals surface area contributed by atoms with Crippen molar-refractivity contribution in [2.75, 3.05) is 26.2 Å². The van der Waals surface area contributed by atoms with Crippen molar-refractivity contribution in [3.63, 3.8) is 0 Å². The molecular formula is C18H36N2O2. The largest absolute Gasteiger partial charge is 0.346 e. The lowest BCUT2D eigenvalue weighted by molar-refractivity contribution is -0.133. The van der Waals surface area contributed by atoms with E-state index in [1.807, 2.05) is 37.8 Å². The summed E-state index contributed by atoms with van der Waals surface area (Å²) in [4.78, 5) is 24.9. The molecule has 1 heterocycles. The molecule has 0 aromatic rings. The van der Waals surface area contributed by atoms with Gasteiger partial charge in [0.25, 0.3) is 0 Å². The van der Waals surface area contributed by atoms with Crippen LogP contribution in [0, 0.1) is 11.8 Å². The lowest BCUT2D eigenvalue weighted by atomic mass is 10.2. The van der Waals surface area contributed by atoms with E-state index in [0.717, 1.165) is 44.9 Å². The summed E-state index contributed by atoms with van der Waals surface area (Å²) in [7, 11) is 0. The van der Waals surface area contributed by atoms with E-state index in [0.29, 0.717) is 0 Å². The van der Waals surface area contributed by atoms with E-state index >= 15 is 0 Å². The quantitative estimate of drug-likeness (QED) is 0.575. The molecule has 1 aliphatic rings. The number of carbonyl (C=O) groups excluding carboxylic acids is 2. The van der Waals surface area contributed by atoms with Gasteiger partial charge >= 0.3 is 0 Å². The second-order valence-electron chi connectivity index (χ2n) is 6.34. The van der Waals surface area contributed by atoms with Crippen LogP contribution in [0.5, 0.6) is 0 Å². The van der Waals surface area contributed by atoms with Crippen LogP contribution in [-0.4, -0.2) is 48.3 Å². The van der Waals surface area contributed by atoms with Crippen LogP contribution in [0.25, 0.3) is 0 Å². The molecule has 0 aromatic heterocycles. The molecule has 22 heavy (non-hydrogen) atoms. The minimum atomic E-state index is 0.139. The van der Waals surface area contributed by atoms with Gasteiger partial charge in [0, 0.05) is 32.1 Å². The van der Waals surface area contributed by atoms with E-state index in [2.05, 4.69) is 27.7 Å². The molecule has 0 radical (unpaired) electrons. The van der Waals surface area contributed by atoms with Crippen molar-refractivity contribution in [1.29, 1.82) is 0 Å². The fourth-order valence-corrected chi connectivity index (χ4v) is 1.60. The maximum atomic E-state index is 11.2. The Bertz CT molecular complexity index is 301. The first kappa shape index (κ1) is 23.0. The summed E-state index contributed by atoms with van der Waals surface area (Å²) >= 11 is 0. The molecule has 1 aliphatic heterocycles. The number of carbonyl (C=O) groups is 2.